The van der Waals surface area contributed by atoms with Crippen LogP contribution in [-0.4, -0.2) is 62.2 Å². The van der Waals surface area contributed by atoms with Crippen molar-refractivity contribution in [2.45, 2.75) is 67.7 Å². The molecule has 4 amide bonds. The number of hydrogen-bond acceptors (Lipinski definition) is 11. The molecule has 0 saturated carbocycles. The Morgan fingerprint density at radius 3 is 1.12 bits per heavy atom. The van der Waals surface area contributed by atoms with E-state index in [1.807, 2.05) is 111 Å². The number of nitrogens with zero attached hydrogens (tertiary/aromatic N) is 8. The van der Waals surface area contributed by atoms with E-state index in [4.69, 9.17) is 8.94 Å². The van der Waals surface area contributed by atoms with Crippen molar-refractivity contribution >= 4 is 101 Å². The molecule has 8 aromatic heterocycles. The maximum Gasteiger partial charge on any atom is 0.294 e. The molecule has 0 atom stereocenters. The van der Waals surface area contributed by atoms with Gasteiger partial charge in [0, 0.05) is 84.8 Å². The number of nitrogens with one attached hydrogen (secondary N) is 4. The van der Waals surface area contributed by atoms with Crippen LogP contribution in [0.15, 0.2) is 276 Å². The van der Waals surface area contributed by atoms with E-state index < -0.39 is 0 Å². The number of hydrogen-bond donors (Lipinski definition) is 4. The molecule has 8 aromatic carbocycles. The Morgan fingerprint density at radius 1 is 0.398 bits per heavy atom. The minimum absolute atomic E-state index is 0.108. The number of thiazole rings is 1. The van der Waals surface area contributed by atoms with Gasteiger partial charge in [0.05, 0.1) is 74.0 Å². The monoisotopic (exact) mass is 1380 g/mol. The average Bonchev–Trinajstić information content (AvgIpc) is 1.67. The zero-order valence-electron chi connectivity index (χ0n) is 57.7. The molecule has 0 aliphatic rings. The van der Waals surface area contributed by atoms with E-state index in [2.05, 4.69) is 203 Å². The zero-order valence-corrected chi connectivity index (χ0v) is 58.5. The summed E-state index contributed by atoms with van der Waals surface area (Å²) in [5, 5.41) is 27.2. The Labute approximate surface area is 598 Å². The van der Waals surface area contributed by atoms with E-state index in [1.54, 1.807) is 42.9 Å². The summed E-state index contributed by atoms with van der Waals surface area (Å²) in [6, 6.07) is 72.8. The van der Waals surface area contributed by atoms with Gasteiger partial charge in [-0.2, -0.15) is 5.10 Å². The highest BCUT2D eigenvalue weighted by atomic mass is 32.1. The van der Waals surface area contributed by atoms with Crippen LogP contribution in [0.5, 0.6) is 0 Å². The summed E-state index contributed by atoms with van der Waals surface area (Å²) >= 11 is 1.36. The molecule has 18 nitrogen and oxygen atoms in total. The molecule has 19 heteroatoms. The molecule has 0 unspecified atom stereocenters. The van der Waals surface area contributed by atoms with Crippen LogP contribution < -0.4 is 21.3 Å². The van der Waals surface area contributed by atoms with Crippen molar-refractivity contribution in [3.05, 3.63) is 345 Å². The molecule has 0 aliphatic carbocycles. The first-order valence-electron chi connectivity index (χ1n) is 33.6. The lowest BCUT2D eigenvalue weighted by atomic mass is 10.1. The van der Waals surface area contributed by atoms with E-state index >= 15 is 0 Å². The molecule has 0 radical (unpaired) electrons. The van der Waals surface area contributed by atoms with Crippen LogP contribution >= 0.6 is 11.3 Å². The molecular formula is C84H74N12O6S. The Kier molecular flexibility index (Phi) is 20.9. The smallest absolute Gasteiger partial charge is 0.294 e. The molecule has 16 rings (SSSR count). The second kappa shape index (κ2) is 31.5. The number of fused-ring (bicyclic) bond motifs is 4. The number of benzene rings is 8. The molecule has 0 bridgehead atoms. The van der Waals surface area contributed by atoms with Crippen LogP contribution in [0.1, 0.15) is 97.0 Å². The minimum atomic E-state index is -0.310. The van der Waals surface area contributed by atoms with Gasteiger partial charge in [0.2, 0.25) is 5.76 Å². The normalized spacial score (nSPS) is 10.9. The van der Waals surface area contributed by atoms with Gasteiger partial charge >= 0.3 is 0 Å². The zero-order chi connectivity index (χ0) is 71.3. The van der Waals surface area contributed by atoms with Gasteiger partial charge in [0.1, 0.15) is 10.6 Å². The molecule has 512 valence electrons. The fourth-order valence-corrected chi connectivity index (χ4v) is 12.8. The van der Waals surface area contributed by atoms with Gasteiger partial charge in [-0.05, 0) is 106 Å². The minimum Gasteiger partial charge on any atom is -0.469 e. The number of rotatable bonds is 16. The first-order chi connectivity index (χ1) is 50.1. The molecule has 0 spiro atoms. The van der Waals surface area contributed by atoms with Gasteiger partial charge in [-0.1, -0.05) is 197 Å². The SMILES string of the molecule is Cc1ccc(Cn2cc(NC(=O)c3cccnn3)c3ccccc32)cc1.Cc1ccc(Cn2cc(NC(=O)c3ccno3)c3ccccc32)cc1.Cc1ccc(Cn2cc(NC(=O)c3ccoc3C)c3ccccc32)cc1.Cc1ccc(Cn2cc(NC(=O)c3scnc3C)c3ccccc32)cc1. The standard InChI is InChI=1S/C22H20N2O2.C21H18N4O.C21H19N3OS.C20H17N3O2/c1-15-7-9-17(10-8-15)13-24-14-20(19-5-3-4-6-21(19)24)23-22(25)18-11-12-26-16(18)2;1-15-8-10-16(11-9-15)13-25-14-19(17-5-2-3-7-20(17)25)23-21(26)18-6-4-12-22-24-18;1-14-7-9-16(10-8-14)11-24-12-18(17-5-3-4-6-19(17)24)23-21(25)20-15(2)22-13-26-20;1-14-6-8-15(9-7-14)12-23-13-17(16-4-2-3-5-18(16)23)22-20(24)19-10-11-21-25-19/h3-12,14H,13H2,1-2H3,(H,23,25);2-12,14H,13H2,1H3,(H,23,26);3-10,12-13H,11H2,1-2H3,(H,23,25);2-11,13H,12H2,1H3,(H,22,24). The predicted octanol–water partition coefficient (Wildman–Crippen LogP) is 18.4. The van der Waals surface area contributed by atoms with Crippen LogP contribution in [0.3, 0.4) is 0 Å². The average molecular weight is 1380 g/mol. The highest BCUT2D eigenvalue weighted by Crippen LogP contribution is 2.32. The molecule has 8 heterocycles. The molecule has 4 N–H and O–H groups in total. The van der Waals surface area contributed by atoms with Crippen molar-refractivity contribution in [2.75, 3.05) is 21.3 Å². The Hall–Kier alpha value is -13.0. The van der Waals surface area contributed by atoms with E-state index in [0.29, 0.717) is 21.9 Å². The number of anilines is 4. The largest absolute Gasteiger partial charge is 0.469 e. The second-order valence-corrected chi connectivity index (χ2v) is 26.0. The lowest BCUT2D eigenvalue weighted by Gasteiger charge is -2.06. The summed E-state index contributed by atoms with van der Waals surface area (Å²) in [4.78, 5) is 54.7. The summed E-state index contributed by atoms with van der Waals surface area (Å²) in [7, 11) is 0. The van der Waals surface area contributed by atoms with Gasteiger partial charge in [0.15, 0.2) is 5.69 Å². The number of carbonyl (C=O) groups excluding carboxylic acids is 4. The predicted molar refractivity (Wildman–Crippen MR) is 410 cm³/mol. The summed E-state index contributed by atoms with van der Waals surface area (Å²) < 4.78 is 18.8. The molecule has 0 aliphatic heterocycles. The molecule has 103 heavy (non-hydrogen) atoms. The number of aromatic nitrogens is 8. The third kappa shape index (κ3) is 16.5. The highest BCUT2D eigenvalue weighted by molar-refractivity contribution is 7.12. The van der Waals surface area contributed by atoms with E-state index in [-0.39, 0.29) is 29.4 Å². The first kappa shape index (κ1) is 68.5. The van der Waals surface area contributed by atoms with Gasteiger partial charge < -0.3 is 48.5 Å². The summed E-state index contributed by atoms with van der Waals surface area (Å²) in [6.45, 7) is 14.9. The number of furan rings is 1. The fourth-order valence-electron chi connectivity index (χ4n) is 12.1. The highest BCUT2D eigenvalue weighted by Gasteiger charge is 2.20. The molecule has 0 saturated heterocycles. The fraction of sp³-hybridized carbons (Fsp3) is 0.119. The summed E-state index contributed by atoms with van der Waals surface area (Å²) in [5.41, 5.74) is 20.6. The van der Waals surface area contributed by atoms with Gasteiger partial charge in [-0.25, -0.2) is 4.98 Å². The van der Waals surface area contributed by atoms with Crippen molar-refractivity contribution in [3.8, 4) is 0 Å². The number of para-hydroxylation sites is 4. The van der Waals surface area contributed by atoms with Gasteiger partial charge in [-0.3, -0.25) is 19.2 Å². The number of aryl methyl sites for hydroxylation is 6. The van der Waals surface area contributed by atoms with Crippen molar-refractivity contribution in [2.24, 2.45) is 0 Å². The van der Waals surface area contributed by atoms with Crippen molar-refractivity contribution in [1.82, 2.24) is 38.6 Å². The third-order valence-electron chi connectivity index (χ3n) is 17.6. The van der Waals surface area contributed by atoms with Crippen LogP contribution in [0.4, 0.5) is 22.7 Å². The molecular weight excluding hydrogens is 1310 g/mol. The second-order valence-electron chi connectivity index (χ2n) is 25.2. The van der Waals surface area contributed by atoms with Crippen LogP contribution in [0.2, 0.25) is 0 Å². The Morgan fingerprint density at radius 2 is 0.777 bits per heavy atom. The van der Waals surface area contributed by atoms with Gasteiger partial charge in [-0.15, -0.1) is 16.4 Å². The van der Waals surface area contributed by atoms with Crippen molar-refractivity contribution in [3.63, 3.8) is 0 Å². The van der Waals surface area contributed by atoms with Crippen LogP contribution in [-0.2, 0) is 26.2 Å². The summed E-state index contributed by atoms with van der Waals surface area (Å²) in [5.74, 6) is -0.0361. The van der Waals surface area contributed by atoms with E-state index in [0.717, 1.165) is 98.2 Å². The summed E-state index contributed by atoms with van der Waals surface area (Å²) in [6.07, 6.45) is 12.5. The Bertz CT molecular complexity index is 5430. The molecule has 0 fully saturated rings. The van der Waals surface area contributed by atoms with Crippen LogP contribution in [0.25, 0.3) is 43.6 Å². The van der Waals surface area contributed by atoms with Crippen LogP contribution in [0, 0.1) is 41.5 Å². The van der Waals surface area contributed by atoms with Gasteiger partial charge in [0.25, 0.3) is 23.6 Å². The van der Waals surface area contributed by atoms with Crippen molar-refractivity contribution in [1.29, 1.82) is 0 Å². The lowest BCUT2D eigenvalue weighted by molar-refractivity contribution is 0.0984. The number of carbonyl (C=O) groups is 4. The van der Waals surface area contributed by atoms with E-state index in [1.165, 1.54) is 68.3 Å². The number of amides is 4. The first-order valence-corrected chi connectivity index (χ1v) is 34.4. The topological polar surface area (TPSA) is 214 Å². The maximum absolute atomic E-state index is 12.6. The van der Waals surface area contributed by atoms with Crippen molar-refractivity contribution < 1.29 is 28.1 Å². The Balaban J connectivity index is 0.000000122. The van der Waals surface area contributed by atoms with E-state index in [9.17, 15) is 19.2 Å². The quantitative estimate of drug-likeness (QED) is 0.0718. The third-order valence-corrected chi connectivity index (χ3v) is 18.5. The lowest BCUT2D eigenvalue weighted by Crippen LogP contribution is -2.13. The molecule has 16 aromatic rings. The maximum atomic E-state index is 12.6.